The topological polar surface area (TPSA) is 90.1 Å². The van der Waals surface area contributed by atoms with Gasteiger partial charge >= 0.3 is 0 Å². The lowest BCUT2D eigenvalue weighted by molar-refractivity contribution is 0.102. The number of anilines is 2. The van der Waals surface area contributed by atoms with Gasteiger partial charge < -0.3 is 10.2 Å². The van der Waals surface area contributed by atoms with Gasteiger partial charge in [0.25, 0.3) is 5.91 Å². The molecule has 1 aliphatic rings. The zero-order chi connectivity index (χ0) is 27.2. The first kappa shape index (κ1) is 26.4. The Morgan fingerprint density at radius 1 is 1.08 bits per heavy atom. The van der Waals surface area contributed by atoms with E-state index in [1.165, 1.54) is 5.56 Å². The first-order valence-corrected chi connectivity index (χ1v) is 13.4. The molecule has 9 heteroatoms. The number of pyridine rings is 1. The summed E-state index contributed by atoms with van der Waals surface area (Å²) in [6.07, 6.45) is 7.42. The second-order valence-electron chi connectivity index (χ2n) is 9.62. The van der Waals surface area contributed by atoms with Crippen molar-refractivity contribution in [2.75, 3.05) is 42.9 Å². The standard InChI is InChI=1S/C30H30ClN7O/c1-22-28(21-34-38(22)27-9-6-25(31)7-10-27)30(39)35-26-8-11-29(24(18-26)19-32)37-16-14-36(15-17-37)13-3-5-23-4-2-12-33-20-23/h2,4,6-12,18,20-21H,3,5,13-17H2,1H3,(H,35,39). The van der Waals surface area contributed by atoms with Crippen molar-refractivity contribution in [2.24, 2.45) is 0 Å². The largest absolute Gasteiger partial charge is 0.368 e. The summed E-state index contributed by atoms with van der Waals surface area (Å²) in [6, 6.07) is 19.2. The minimum Gasteiger partial charge on any atom is -0.368 e. The fourth-order valence-corrected chi connectivity index (χ4v) is 5.04. The quantitative estimate of drug-likeness (QED) is 0.335. The number of halogens is 1. The van der Waals surface area contributed by atoms with Crippen molar-refractivity contribution in [3.8, 4) is 11.8 Å². The van der Waals surface area contributed by atoms with E-state index >= 15 is 0 Å². The van der Waals surface area contributed by atoms with Crippen LogP contribution in [0.25, 0.3) is 5.69 Å². The predicted octanol–water partition coefficient (Wildman–Crippen LogP) is 5.11. The molecule has 3 heterocycles. The van der Waals surface area contributed by atoms with Gasteiger partial charge in [0.15, 0.2) is 0 Å². The molecular formula is C30H30ClN7O. The second kappa shape index (κ2) is 12.1. The van der Waals surface area contributed by atoms with Gasteiger partial charge in [0.1, 0.15) is 6.07 Å². The number of nitrogens with zero attached hydrogens (tertiary/aromatic N) is 6. The maximum Gasteiger partial charge on any atom is 0.259 e. The average Bonchev–Trinajstić information content (AvgIpc) is 3.35. The maximum absolute atomic E-state index is 13.0. The Kier molecular flexibility index (Phi) is 8.21. The molecule has 0 bridgehead atoms. The maximum atomic E-state index is 13.0. The molecule has 2 aromatic heterocycles. The molecule has 0 unspecified atom stereocenters. The smallest absolute Gasteiger partial charge is 0.259 e. The van der Waals surface area contributed by atoms with Crippen LogP contribution in [0.4, 0.5) is 11.4 Å². The molecule has 0 saturated carbocycles. The van der Waals surface area contributed by atoms with Gasteiger partial charge in [-0.2, -0.15) is 10.4 Å². The first-order chi connectivity index (χ1) is 19.0. The van der Waals surface area contributed by atoms with E-state index in [-0.39, 0.29) is 5.91 Å². The summed E-state index contributed by atoms with van der Waals surface area (Å²) >= 11 is 5.99. The summed E-state index contributed by atoms with van der Waals surface area (Å²) in [5.74, 6) is -0.274. The summed E-state index contributed by atoms with van der Waals surface area (Å²) in [7, 11) is 0. The molecule has 0 atom stereocenters. The highest BCUT2D eigenvalue weighted by Crippen LogP contribution is 2.26. The number of aryl methyl sites for hydroxylation is 1. The van der Waals surface area contributed by atoms with E-state index in [0.717, 1.165) is 56.9 Å². The van der Waals surface area contributed by atoms with Crippen LogP contribution in [-0.4, -0.2) is 58.3 Å². The van der Waals surface area contributed by atoms with Gasteiger partial charge in [0.05, 0.1) is 34.4 Å². The molecule has 5 rings (SSSR count). The van der Waals surface area contributed by atoms with Crippen LogP contribution in [0, 0.1) is 18.3 Å². The van der Waals surface area contributed by atoms with E-state index in [9.17, 15) is 10.1 Å². The number of benzene rings is 2. The van der Waals surface area contributed by atoms with Gasteiger partial charge in [-0.1, -0.05) is 17.7 Å². The summed E-state index contributed by atoms with van der Waals surface area (Å²) in [6.45, 7) is 6.51. The van der Waals surface area contributed by atoms with Crippen molar-refractivity contribution in [3.63, 3.8) is 0 Å². The van der Waals surface area contributed by atoms with Crippen molar-refractivity contribution in [1.29, 1.82) is 5.26 Å². The van der Waals surface area contributed by atoms with Gasteiger partial charge in [-0.3, -0.25) is 14.7 Å². The molecule has 0 aliphatic carbocycles. The third-order valence-electron chi connectivity index (χ3n) is 7.08. The summed E-state index contributed by atoms with van der Waals surface area (Å²) < 4.78 is 1.70. The van der Waals surface area contributed by atoms with Crippen LogP contribution < -0.4 is 10.2 Å². The fraction of sp³-hybridized carbons (Fsp3) is 0.267. The molecular weight excluding hydrogens is 510 g/mol. The van der Waals surface area contributed by atoms with E-state index in [4.69, 9.17) is 11.6 Å². The number of aromatic nitrogens is 3. The van der Waals surface area contributed by atoms with E-state index in [0.29, 0.717) is 27.5 Å². The lowest BCUT2D eigenvalue weighted by Gasteiger charge is -2.36. The number of hydrogen-bond acceptors (Lipinski definition) is 6. The molecule has 8 nitrogen and oxygen atoms in total. The van der Waals surface area contributed by atoms with Gasteiger partial charge in [-0.15, -0.1) is 0 Å². The third-order valence-corrected chi connectivity index (χ3v) is 7.33. The summed E-state index contributed by atoms with van der Waals surface area (Å²) in [4.78, 5) is 22.0. The van der Waals surface area contributed by atoms with E-state index in [2.05, 4.69) is 37.3 Å². The molecule has 1 amide bonds. The number of hydrogen-bond donors (Lipinski definition) is 1. The van der Waals surface area contributed by atoms with Crippen LogP contribution in [0.2, 0.25) is 5.02 Å². The number of carbonyl (C=O) groups is 1. The molecule has 1 aliphatic heterocycles. The fourth-order valence-electron chi connectivity index (χ4n) is 4.92. The number of nitrogens with one attached hydrogen (secondary N) is 1. The van der Waals surface area contributed by atoms with Crippen molar-refractivity contribution in [1.82, 2.24) is 19.7 Å². The van der Waals surface area contributed by atoms with Crippen LogP contribution in [0.15, 0.2) is 73.2 Å². The highest BCUT2D eigenvalue weighted by molar-refractivity contribution is 6.30. The van der Waals surface area contributed by atoms with Crippen LogP contribution >= 0.6 is 11.6 Å². The molecule has 1 saturated heterocycles. The lowest BCUT2D eigenvalue weighted by atomic mass is 10.1. The highest BCUT2D eigenvalue weighted by Gasteiger charge is 2.20. The number of nitriles is 1. The number of piperazine rings is 1. The summed E-state index contributed by atoms with van der Waals surface area (Å²) in [5.41, 5.74) is 5.29. The Morgan fingerprint density at radius 2 is 1.87 bits per heavy atom. The third kappa shape index (κ3) is 6.28. The van der Waals surface area contributed by atoms with Crippen molar-refractivity contribution >= 4 is 28.9 Å². The Bertz CT molecular complexity index is 1470. The molecule has 4 aromatic rings. The predicted molar refractivity (Wildman–Crippen MR) is 154 cm³/mol. The molecule has 198 valence electrons. The van der Waals surface area contributed by atoms with Crippen LogP contribution in [0.3, 0.4) is 0 Å². The van der Waals surface area contributed by atoms with Crippen LogP contribution in [-0.2, 0) is 6.42 Å². The molecule has 0 spiro atoms. The number of amides is 1. The van der Waals surface area contributed by atoms with E-state index < -0.39 is 0 Å². The number of rotatable bonds is 8. The SMILES string of the molecule is Cc1c(C(=O)Nc2ccc(N3CCN(CCCc4cccnc4)CC3)c(C#N)c2)cnn1-c1ccc(Cl)cc1. The van der Waals surface area contributed by atoms with Crippen LogP contribution in [0.1, 0.15) is 33.6 Å². The molecule has 1 N–H and O–H groups in total. The Hall–Kier alpha value is -4.19. The molecule has 0 radical (unpaired) electrons. The van der Waals surface area contributed by atoms with Crippen molar-refractivity contribution in [2.45, 2.75) is 19.8 Å². The normalized spacial score (nSPS) is 13.7. The second-order valence-corrected chi connectivity index (χ2v) is 10.1. The average molecular weight is 540 g/mol. The van der Waals surface area contributed by atoms with Gasteiger partial charge in [0, 0.05) is 49.3 Å². The Morgan fingerprint density at radius 3 is 2.59 bits per heavy atom. The van der Waals surface area contributed by atoms with Gasteiger partial charge in [-0.05, 0) is 80.4 Å². The molecule has 1 fully saturated rings. The lowest BCUT2D eigenvalue weighted by Crippen LogP contribution is -2.46. The minimum atomic E-state index is -0.274. The molecule has 39 heavy (non-hydrogen) atoms. The van der Waals surface area contributed by atoms with Gasteiger partial charge in [-0.25, -0.2) is 4.68 Å². The summed E-state index contributed by atoms with van der Waals surface area (Å²) in [5, 5.41) is 17.8. The van der Waals surface area contributed by atoms with Crippen molar-refractivity contribution < 1.29 is 4.79 Å². The zero-order valence-corrected chi connectivity index (χ0v) is 22.6. The Labute approximate surface area is 233 Å². The van der Waals surface area contributed by atoms with E-state index in [1.54, 1.807) is 35.3 Å². The van der Waals surface area contributed by atoms with Gasteiger partial charge in [0.2, 0.25) is 0 Å². The van der Waals surface area contributed by atoms with Crippen molar-refractivity contribution in [3.05, 3.63) is 101 Å². The monoisotopic (exact) mass is 539 g/mol. The molecule has 2 aromatic carbocycles. The Balaban J connectivity index is 1.18. The first-order valence-electron chi connectivity index (χ1n) is 13.0. The van der Waals surface area contributed by atoms with E-state index in [1.807, 2.05) is 43.5 Å². The minimum absolute atomic E-state index is 0.274. The van der Waals surface area contributed by atoms with Crippen LogP contribution in [0.5, 0.6) is 0 Å². The number of carbonyl (C=O) groups excluding carboxylic acids is 1. The highest BCUT2D eigenvalue weighted by atomic mass is 35.5. The zero-order valence-electron chi connectivity index (χ0n) is 21.8.